The van der Waals surface area contributed by atoms with Crippen LogP contribution in [0.2, 0.25) is 0 Å². The van der Waals surface area contributed by atoms with E-state index in [4.69, 9.17) is 4.74 Å². The van der Waals surface area contributed by atoms with E-state index in [9.17, 15) is 8.78 Å². The molecule has 4 heteroatoms. The van der Waals surface area contributed by atoms with Gasteiger partial charge in [0.25, 0.3) is 0 Å². The number of rotatable bonds is 6. The first-order chi connectivity index (χ1) is 9.69. The van der Waals surface area contributed by atoms with Gasteiger partial charge in [0.2, 0.25) is 0 Å². The molecular weight excluding hydrogens is 260 g/mol. The molecule has 2 rings (SSSR count). The lowest BCUT2D eigenvalue weighted by Gasteiger charge is -2.08. The van der Waals surface area contributed by atoms with Gasteiger partial charge in [-0.1, -0.05) is 12.1 Å². The van der Waals surface area contributed by atoms with Crippen LogP contribution in [0.3, 0.4) is 0 Å². The van der Waals surface area contributed by atoms with Crippen LogP contribution in [0.1, 0.15) is 18.1 Å². The second-order valence-corrected chi connectivity index (χ2v) is 4.42. The maximum atomic E-state index is 13.4. The molecule has 2 nitrogen and oxygen atoms in total. The number of nitrogens with one attached hydrogen (secondary N) is 1. The van der Waals surface area contributed by atoms with Crippen LogP contribution in [0.25, 0.3) is 0 Å². The van der Waals surface area contributed by atoms with Crippen molar-refractivity contribution in [1.29, 1.82) is 0 Å². The Morgan fingerprint density at radius 2 is 1.90 bits per heavy atom. The van der Waals surface area contributed by atoms with Gasteiger partial charge in [0, 0.05) is 18.7 Å². The van der Waals surface area contributed by atoms with Crippen molar-refractivity contribution in [2.75, 3.05) is 6.61 Å². The molecule has 0 heterocycles. The number of benzene rings is 2. The van der Waals surface area contributed by atoms with Gasteiger partial charge < -0.3 is 10.1 Å². The average Bonchev–Trinajstić information content (AvgIpc) is 2.43. The Kier molecular flexibility index (Phi) is 5.07. The molecule has 0 aliphatic heterocycles. The smallest absolute Gasteiger partial charge is 0.127 e. The molecule has 0 spiro atoms. The molecule has 20 heavy (non-hydrogen) atoms. The van der Waals surface area contributed by atoms with E-state index in [-0.39, 0.29) is 6.54 Å². The Bertz CT molecular complexity index is 572. The van der Waals surface area contributed by atoms with Crippen LogP contribution >= 0.6 is 0 Å². The fraction of sp³-hybridized carbons (Fsp3) is 0.250. The molecule has 2 aromatic rings. The fourth-order valence-electron chi connectivity index (χ4n) is 1.93. The van der Waals surface area contributed by atoms with Crippen molar-refractivity contribution in [1.82, 2.24) is 5.32 Å². The van der Waals surface area contributed by atoms with Crippen molar-refractivity contribution in [2.45, 2.75) is 20.0 Å². The van der Waals surface area contributed by atoms with E-state index in [0.29, 0.717) is 18.7 Å². The summed E-state index contributed by atoms with van der Waals surface area (Å²) in [5.74, 6) is -0.0211. The molecule has 0 unspecified atom stereocenters. The van der Waals surface area contributed by atoms with Gasteiger partial charge in [-0.3, -0.25) is 0 Å². The summed E-state index contributed by atoms with van der Waals surface area (Å²) in [6.45, 7) is 3.39. The van der Waals surface area contributed by atoms with Gasteiger partial charge in [-0.05, 0) is 42.8 Å². The summed E-state index contributed by atoms with van der Waals surface area (Å²) >= 11 is 0. The number of ether oxygens (including phenoxy) is 1. The maximum Gasteiger partial charge on any atom is 0.127 e. The van der Waals surface area contributed by atoms with Gasteiger partial charge in [-0.15, -0.1) is 0 Å². The third-order valence-electron chi connectivity index (χ3n) is 2.86. The van der Waals surface area contributed by atoms with E-state index in [0.717, 1.165) is 23.4 Å². The normalized spacial score (nSPS) is 10.6. The maximum absolute atomic E-state index is 13.4. The molecule has 0 saturated heterocycles. The number of hydrogen-bond donors (Lipinski definition) is 1. The third-order valence-corrected chi connectivity index (χ3v) is 2.86. The summed E-state index contributed by atoms with van der Waals surface area (Å²) in [4.78, 5) is 0. The summed E-state index contributed by atoms with van der Waals surface area (Å²) in [5.41, 5.74) is 1.36. The Morgan fingerprint density at radius 1 is 1.05 bits per heavy atom. The van der Waals surface area contributed by atoms with Gasteiger partial charge >= 0.3 is 0 Å². The van der Waals surface area contributed by atoms with E-state index >= 15 is 0 Å². The van der Waals surface area contributed by atoms with Gasteiger partial charge in [-0.2, -0.15) is 0 Å². The number of hydrogen-bond acceptors (Lipinski definition) is 2. The molecule has 2 aromatic carbocycles. The molecule has 0 bridgehead atoms. The second-order valence-electron chi connectivity index (χ2n) is 4.42. The average molecular weight is 277 g/mol. The number of halogens is 2. The minimum Gasteiger partial charge on any atom is -0.494 e. The van der Waals surface area contributed by atoms with Crippen molar-refractivity contribution >= 4 is 0 Å². The Labute approximate surface area is 117 Å². The first-order valence-electron chi connectivity index (χ1n) is 6.55. The fourth-order valence-corrected chi connectivity index (χ4v) is 1.93. The van der Waals surface area contributed by atoms with Gasteiger partial charge in [0.1, 0.15) is 17.4 Å². The lowest BCUT2D eigenvalue weighted by molar-refractivity contribution is 0.340. The molecular formula is C16H17F2NO. The van der Waals surface area contributed by atoms with Crippen LogP contribution < -0.4 is 10.1 Å². The highest BCUT2D eigenvalue weighted by molar-refractivity contribution is 5.28. The van der Waals surface area contributed by atoms with E-state index in [1.807, 2.05) is 31.2 Å². The predicted molar refractivity (Wildman–Crippen MR) is 74.5 cm³/mol. The first-order valence-corrected chi connectivity index (χ1v) is 6.55. The van der Waals surface area contributed by atoms with Crippen molar-refractivity contribution in [3.05, 3.63) is 65.2 Å². The molecule has 0 atom stereocenters. The monoisotopic (exact) mass is 277 g/mol. The quantitative estimate of drug-likeness (QED) is 0.870. The van der Waals surface area contributed by atoms with Crippen LogP contribution in [0.15, 0.2) is 42.5 Å². The molecule has 0 aliphatic rings. The van der Waals surface area contributed by atoms with E-state index in [1.165, 1.54) is 6.07 Å². The van der Waals surface area contributed by atoms with Gasteiger partial charge in [-0.25, -0.2) is 8.78 Å². The zero-order valence-electron chi connectivity index (χ0n) is 11.3. The molecule has 106 valence electrons. The predicted octanol–water partition coefficient (Wildman–Crippen LogP) is 3.65. The highest BCUT2D eigenvalue weighted by Gasteiger charge is 2.03. The molecule has 0 aromatic heterocycles. The van der Waals surface area contributed by atoms with E-state index in [1.54, 1.807) is 0 Å². The van der Waals surface area contributed by atoms with Crippen molar-refractivity contribution in [3.8, 4) is 5.75 Å². The zero-order valence-corrected chi connectivity index (χ0v) is 11.3. The molecule has 0 amide bonds. The van der Waals surface area contributed by atoms with Crippen LogP contribution in [0, 0.1) is 11.6 Å². The SMILES string of the molecule is CCOc1cccc(CNCc2cc(F)ccc2F)c1. The highest BCUT2D eigenvalue weighted by Crippen LogP contribution is 2.14. The van der Waals surface area contributed by atoms with Gasteiger partial charge in [0.05, 0.1) is 6.61 Å². The minimum absolute atomic E-state index is 0.280. The van der Waals surface area contributed by atoms with Crippen LogP contribution in [0.5, 0.6) is 5.75 Å². The first kappa shape index (κ1) is 14.5. The van der Waals surface area contributed by atoms with Gasteiger partial charge in [0.15, 0.2) is 0 Å². The van der Waals surface area contributed by atoms with Crippen LogP contribution in [-0.2, 0) is 13.1 Å². The highest BCUT2D eigenvalue weighted by atomic mass is 19.1. The standard InChI is InChI=1S/C16H17F2NO/c1-2-20-15-5-3-4-12(8-15)10-19-11-13-9-14(17)6-7-16(13)18/h3-9,19H,2,10-11H2,1H3. The molecule has 0 radical (unpaired) electrons. The Balaban J connectivity index is 1.92. The van der Waals surface area contributed by atoms with Crippen LogP contribution in [0.4, 0.5) is 8.78 Å². The third kappa shape index (κ3) is 4.03. The Hall–Kier alpha value is -1.94. The second kappa shape index (κ2) is 7.01. The van der Waals surface area contributed by atoms with Crippen LogP contribution in [-0.4, -0.2) is 6.61 Å². The lowest BCUT2D eigenvalue weighted by Crippen LogP contribution is -2.14. The van der Waals surface area contributed by atoms with Crippen molar-refractivity contribution in [3.63, 3.8) is 0 Å². The lowest BCUT2D eigenvalue weighted by atomic mass is 10.2. The summed E-state index contributed by atoms with van der Waals surface area (Å²) in [7, 11) is 0. The molecule has 1 N–H and O–H groups in total. The largest absolute Gasteiger partial charge is 0.494 e. The summed E-state index contributed by atoms with van der Waals surface area (Å²) in [6, 6.07) is 11.1. The minimum atomic E-state index is -0.429. The zero-order chi connectivity index (χ0) is 14.4. The van der Waals surface area contributed by atoms with Crippen molar-refractivity contribution < 1.29 is 13.5 Å². The molecule has 0 aliphatic carbocycles. The summed E-state index contributed by atoms with van der Waals surface area (Å²) < 4.78 is 31.9. The van der Waals surface area contributed by atoms with E-state index < -0.39 is 11.6 Å². The van der Waals surface area contributed by atoms with E-state index in [2.05, 4.69) is 5.32 Å². The molecule has 0 saturated carbocycles. The topological polar surface area (TPSA) is 21.3 Å². The Morgan fingerprint density at radius 3 is 2.70 bits per heavy atom. The molecule has 0 fully saturated rings. The summed E-state index contributed by atoms with van der Waals surface area (Å²) in [5, 5.41) is 3.09. The summed E-state index contributed by atoms with van der Waals surface area (Å²) in [6.07, 6.45) is 0. The van der Waals surface area contributed by atoms with Crippen molar-refractivity contribution in [2.24, 2.45) is 0 Å².